The molecular formula is C16H17ClN2O5. The van der Waals surface area contributed by atoms with Crippen LogP contribution in [0.4, 0.5) is 4.79 Å². The molecule has 0 saturated carbocycles. The molecule has 128 valence electrons. The van der Waals surface area contributed by atoms with Gasteiger partial charge < -0.3 is 9.47 Å². The molecule has 7 nitrogen and oxygen atoms in total. The molecule has 1 heterocycles. The Kier molecular flexibility index (Phi) is 5.81. The minimum atomic E-state index is -0.849. The average Bonchev–Trinajstić information content (AvgIpc) is 2.50. The summed E-state index contributed by atoms with van der Waals surface area (Å²) in [4.78, 5) is 34.6. The van der Waals surface area contributed by atoms with E-state index in [9.17, 15) is 14.4 Å². The second-order valence-electron chi connectivity index (χ2n) is 4.91. The van der Waals surface area contributed by atoms with E-state index < -0.39 is 17.8 Å². The maximum Gasteiger partial charge on any atom is 0.328 e. The van der Waals surface area contributed by atoms with Gasteiger partial charge in [0.05, 0.1) is 18.2 Å². The van der Waals surface area contributed by atoms with Crippen molar-refractivity contribution in [2.45, 2.75) is 20.3 Å². The molecule has 4 amide bonds. The van der Waals surface area contributed by atoms with E-state index >= 15 is 0 Å². The van der Waals surface area contributed by atoms with Gasteiger partial charge in [0.25, 0.3) is 11.8 Å². The van der Waals surface area contributed by atoms with E-state index in [0.717, 1.165) is 6.42 Å². The van der Waals surface area contributed by atoms with Crippen LogP contribution in [0.1, 0.15) is 25.8 Å². The molecule has 1 fully saturated rings. The third-order valence-electron chi connectivity index (χ3n) is 3.04. The highest BCUT2D eigenvalue weighted by atomic mass is 35.5. The number of hydrogen-bond donors (Lipinski definition) is 2. The third kappa shape index (κ3) is 4.05. The van der Waals surface area contributed by atoms with Crippen molar-refractivity contribution in [2.75, 3.05) is 13.2 Å². The van der Waals surface area contributed by atoms with Crippen LogP contribution in [-0.4, -0.2) is 31.1 Å². The van der Waals surface area contributed by atoms with Gasteiger partial charge in [-0.1, -0.05) is 18.5 Å². The third-order valence-corrected chi connectivity index (χ3v) is 3.32. The molecule has 1 saturated heterocycles. The number of hydrogen-bond acceptors (Lipinski definition) is 5. The van der Waals surface area contributed by atoms with Gasteiger partial charge in [0.15, 0.2) is 11.5 Å². The first-order valence-corrected chi connectivity index (χ1v) is 7.81. The Labute approximate surface area is 144 Å². The SMILES string of the molecule is CCCOc1c(Cl)cc(C=C2C(=O)NC(=O)NC2=O)cc1OCC. The normalized spacial score (nSPS) is 14.1. The fourth-order valence-corrected chi connectivity index (χ4v) is 2.33. The van der Waals surface area contributed by atoms with E-state index in [1.807, 2.05) is 24.5 Å². The lowest BCUT2D eigenvalue weighted by atomic mass is 10.1. The summed E-state index contributed by atoms with van der Waals surface area (Å²) in [6.07, 6.45) is 2.14. The maximum absolute atomic E-state index is 11.8. The first-order valence-electron chi connectivity index (χ1n) is 7.43. The summed E-state index contributed by atoms with van der Waals surface area (Å²) in [5.41, 5.74) is 0.275. The molecule has 2 rings (SSSR count). The van der Waals surface area contributed by atoms with Crippen LogP contribution in [0, 0.1) is 0 Å². The Morgan fingerprint density at radius 3 is 2.33 bits per heavy atom. The smallest absolute Gasteiger partial charge is 0.328 e. The van der Waals surface area contributed by atoms with Crippen molar-refractivity contribution < 1.29 is 23.9 Å². The van der Waals surface area contributed by atoms with Gasteiger partial charge in [-0.3, -0.25) is 20.2 Å². The number of rotatable bonds is 6. The van der Waals surface area contributed by atoms with Crippen molar-refractivity contribution in [3.8, 4) is 11.5 Å². The summed E-state index contributed by atoms with van der Waals surface area (Å²) in [6, 6.07) is 2.32. The lowest BCUT2D eigenvalue weighted by molar-refractivity contribution is -0.123. The molecule has 0 aliphatic carbocycles. The lowest BCUT2D eigenvalue weighted by Crippen LogP contribution is -2.51. The molecule has 8 heteroatoms. The summed E-state index contributed by atoms with van der Waals surface area (Å²) in [5, 5.41) is 4.31. The predicted molar refractivity (Wildman–Crippen MR) is 88.1 cm³/mol. The molecule has 0 radical (unpaired) electrons. The van der Waals surface area contributed by atoms with E-state index in [1.165, 1.54) is 6.08 Å². The minimum absolute atomic E-state index is 0.199. The van der Waals surface area contributed by atoms with Crippen LogP contribution >= 0.6 is 11.6 Å². The largest absolute Gasteiger partial charge is 0.490 e. The number of benzene rings is 1. The van der Waals surface area contributed by atoms with E-state index in [4.69, 9.17) is 21.1 Å². The van der Waals surface area contributed by atoms with E-state index in [1.54, 1.807) is 12.1 Å². The van der Waals surface area contributed by atoms with E-state index in [-0.39, 0.29) is 5.57 Å². The van der Waals surface area contributed by atoms with Crippen LogP contribution in [0.3, 0.4) is 0 Å². The standard InChI is InChI=1S/C16H17ClN2O5/c1-3-5-24-13-11(17)7-9(8-12(13)23-4-2)6-10-14(20)18-16(22)19-15(10)21/h6-8H,3-5H2,1-2H3,(H2,18,19,20,21,22). The summed E-state index contributed by atoms with van der Waals surface area (Å²) < 4.78 is 11.1. The fraction of sp³-hybridized carbons (Fsp3) is 0.312. The lowest BCUT2D eigenvalue weighted by Gasteiger charge is -2.16. The molecule has 0 unspecified atom stereocenters. The molecule has 0 atom stereocenters. The number of halogens is 1. The number of carbonyl (C=O) groups excluding carboxylic acids is 3. The number of amides is 4. The number of barbiturate groups is 1. The molecule has 1 aromatic carbocycles. The molecular weight excluding hydrogens is 336 g/mol. The van der Waals surface area contributed by atoms with Gasteiger partial charge in [-0.05, 0) is 37.1 Å². The Bertz CT molecular complexity index is 693. The summed E-state index contributed by atoms with van der Waals surface area (Å²) in [5.74, 6) is -0.721. The highest BCUT2D eigenvalue weighted by Gasteiger charge is 2.27. The van der Waals surface area contributed by atoms with Crippen molar-refractivity contribution in [1.82, 2.24) is 10.6 Å². The van der Waals surface area contributed by atoms with Gasteiger partial charge in [0.2, 0.25) is 0 Å². The molecule has 1 aliphatic rings. The Balaban J connectivity index is 2.40. The van der Waals surface area contributed by atoms with Crippen LogP contribution in [0.2, 0.25) is 5.02 Å². The van der Waals surface area contributed by atoms with Crippen molar-refractivity contribution in [3.05, 3.63) is 28.3 Å². The molecule has 0 aromatic heterocycles. The van der Waals surface area contributed by atoms with Crippen LogP contribution in [0.5, 0.6) is 11.5 Å². The van der Waals surface area contributed by atoms with Crippen molar-refractivity contribution in [2.24, 2.45) is 0 Å². The minimum Gasteiger partial charge on any atom is -0.490 e. The number of carbonyl (C=O) groups is 3. The second kappa shape index (κ2) is 7.83. The molecule has 0 spiro atoms. The number of imide groups is 2. The molecule has 2 N–H and O–H groups in total. The van der Waals surface area contributed by atoms with E-state index in [0.29, 0.717) is 35.3 Å². The van der Waals surface area contributed by atoms with Gasteiger partial charge in [0.1, 0.15) is 5.57 Å². The van der Waals surface area contributed by atoms with Gasteiger partial charge in [-0.15, -0.1) is 0 Å². The topological polar surface area (TPSA) is 93.7 Å². The zero-order valence-corrected chi connectivity index (χ0v) is 14.0. The fourth-order valence-electron chi connectivity index (χ4n) is 2.05. The zero-order chi connectivity index (χ0) is 17.7. The van der Waals surface area contributed by atoms with Crippen LogP contribution in [-0.2, 0) is 9.59 Å². The first-order chi connectivity index (χ1) is 11.5. The van der Waals surface area contributed by atoms with Crippen LogP contribution in [0.15, 0.2) is 17.7 Å². The van der Waals surface area contributed by atoms with Gasteiger partial charge >= 0.3 is 6.03 Å². The number of urea groups is 1. The molecule has 24 heavy (non-hydrogen) atoms. The molecule has 1 aliphatic heterocycles. The highest BCUT2D eigenvalue weighted by Crippen LogP contribution is 2.37. The summed E-state index contributed by atoms with van der Waals surface area (Å²) in [7, 11) is 0. The zero-order valence-electron chi connectivity index (χ0n) is 13.3. The Hall–Kier alpha value is -2.54. The maximum atomic E-state index is 11.8. The van der Waals surface area contributed by atoms with Gasteiger partial charge in [-0.25, -0.2) is 4.79 Å². The van der Waals surface area contributed by atoms with Crippen molar-refractivity contribution in [3.63, 3.8) is 0 Å². The Morgan fingerprint density at radius 2 is 1.75 bits per heavy atom. The van der Waals surface area contributed by atoms with E-state index in [2.05, 4.69) is 0 Å². The first kappa shape index (κ1) is 17.8. The van der Waals surface area contributed by atoms with Crippen LogP contribution < -0.4 is 20.1 Å². The highest BCUT2D eigenvalue weighted by molar-refractivity contribution is 6.33. The van der Waals surface area contributed by atoms with Crippen molar-refractivity contribution in [1.29, 1.82) is 0 Å². The van der Waals surface area contributed by atoms with Gasteiger partial charge in [-0.2, -0.15) is 0 Å². The molecule has 0 bridgehead atoms. The average molecular weight is 353 g/mol. The van der Waals surface area contributed by atoms with Crippen LogP contribution in [0.25, 0.3) is 6.08 Å². The monoisotopic (exact) mass is 352 g/mol. The summed E-state index contributed by atoms with van der Waals surface area (Å²) in [6.45, 7) is 4.66. The predicted octanol–water partition coefficient (Wildman–Crippen LogP) is 2.28. The van der Waals surface area contributed by atoms with Crippen molar-refractivity contribution >= 4 is 35.5 Å². The summed E-state index contributed by atoms with van der Waals surface area (Å²) >= 11 is 6.23. The number of nitrogens with one attached hydrogen (secondary N) is 2. The quantitative estimate of drug-likeness (QED) is 0.605. The second-order valence-corrected chi connectivity index (χ2v) is 5.31. The number of ether oxygens (including phenoxy) is 2. The van der Waals surface area contributed by atoms with Gasteiger partial charge in [0, 0.05) is 0 Å². The molecule has 1 aromatic rings. The Morgan fingerprint density at radius 1 is 1.08 bits per heavy atom.